The van der Waals surface area contributed by atoms with Gasteiger partial charge < -0.3 is 4.74 Å². The minimum atomic E-state index is -0.459. The SMILES string of the molecule is Cc1cc(Oc2c(Br)cccc2[N+](=O)[O-])ccc1CBr. The van der Waals surface area contributed by atoms with Gasteiger partial charge in [0, 0.05) is 11.4 Å². The first-order chi connectivity index (χ1) is 9.52. The van der Waals surface area contributed by atoms with Crippen LogP contribution in [0.25, 0.3) is 0 Å². The summed E-state index contributed by atoms with van der Waals surface area (Å²) in [5.74, 6) is 0.783. The molecule has 2 rings (SSSR count). The summed E-state index contributed by atoms with van der Waals surface area (Å²) in [6.07, 6.45) is 0. The van der Waals surface area contributed by atoms with Gasteiger partial charge in [0.25, 0.3) is 0 Å². The Bertz CT molecular complexity index is 659. The molecule has 0 aliphatic rings. The van der Waals surface area contributed by atoms with Crippen LogP contribution in [0.4, 0.5) is 5.69 Å². The van der Waals surface area contributed by atoms with Crippen molar-refractivity contribution in [2.45, 2.75) is 12.3 Å². The van der Waals surface area contributed by atoms with E-state index in [0.717, 1.165) is 16.5 Å². The number of benzene rings is 2. The van der Waals surface area contributed by atoms with E-state index in [4.69, 9.17) is 4.74 Å². The summed E-state index contributed by atoms with van der Waals surface area (Å²) in [5, 5.41) is 11.8. The predicted octanol–water partition coefficient (Wildman–Crippen LogP) is 5.35. The second-order valence-corrected chi connectivity index (χ2v) is 5.58. The fourth-order valence-electron chi connectivity index (χ4n) is 1.74. The molecule has 0 saturated heterocycles. The molecule has 2 aromatic carbocycles. The smallest absolute Gasteiger partial charge is 0.312 e. The number of para-hydroxylation sites is 1. The van der Waals surface area contributed by atoms with Gasteiger partial charge in [0.2, 0.25) is 5.75 Å². The topological polar surface area (TPSA) is 52.4 Å². The van der Waals surface area contributed by atoms with E-state index < -0.39 is 4.92 Å². The summed E-state index contributed by atoms with van der Waals surface area (Å²) in [7, 11) is 0. The lowest BCUT2D eigenvalue weighted by molar-refractivity contribution is -0.385. The molecule has 0 amide bonds. The van der Waals surface area contributed by atoms with Crippen molar-refractivity contribution in [1.29, 1.82) is 0 Å². The summed E-state index contributed by atoms with van der Waals surface area (Å²) in [4.78, 5) is 10.6. The molecule has 0 radical (unpaired) electrons. The Labute approximate surface area is 133 Å². The third-order valence-corrected chi connectivity index (χ3v) is 4.05. The van der Waals surface area contributed by atoms with E-state index in [1.165, 1.54) is 6.07 Å². The fourth-order valence-corrected chi connectivity index (χ4v) is 2.81. The van der Waals surface area contributed by atoms with E-state index in [0.29, 0.717) is 10.2 Å². The van der Waals surface area contributed by atoms with E-state index in [9.17, 15) is 10.1 Å². The molecule has 0 bridgehead atoms. The number of nitro groups is 1. The standard InChI is InChI=1S/C14H11Br2NO3/c1-9-7-11(6-5-10(9)8-15)20-14-12(16)3-2-4-13(14)17(18)19/h2-7H,8H2,1H3. The zero-order valence-electron chi connectivity index (χ0n) is 10.6. The van der Waals surface area contributed by atoms with Crippen LogP contribution in [0.15, 0.2) is 40.9 Å². The van der Waals surface area contributed by atoms with Gasteiger partial charge in [0.15, 0.2) is 0 Å². The third-order valence-electron chi connectivity index (χ3n) is 2.82. The van der Waals surface area contributed by atoms with Crippen molar-refractivity contribution in [3.05, 3.63) is 62.1 Å². The summed E-state index contributed by atoms with van der Waals surface area (Å²) in [5.41, 5.74) is 2.15. The lowest BCUT2D eigenvalue weighted by Gasteiger charge is -2.10. The Balaban J connectivity index is 2.39. The summed E-state index contributed by atoms with van der Waals surface area (Å²) < 4.78 is 6.23. The third kappa shape index (κ3) is 3.19. The average Bonchev–Trinajstić information content (AvgIpc) is 2.41. The van der Waals surface area contributed by atoms with E-state index in [2.05, 4.69) is 31.9 Å². The number of halogens is 2. The molecule has 0 heterocycles. The highest BCUT2D eigenvalue weighted by molar-refractivity contribution is 9.10. The molecular formula is C14H11Br2NO3. The predicted molar refractivity (Wildman–Crippen MR) is 84.7 cm³/mol. The molecule has 0 N–H and O–H groups in total. The Morgan fingerprint density at radius 3 is 2.65 bits per heavy atom. The highest BCUT2D eigenvalue weighted by Crippen LogP contribution is 2.38. The van der Waals surface area contributed by atoms with Crippen molar-refractivity contribution in [2.75, 3.05) is 0 Å². The molecule has 0 aliphatic carbocycles. The summed E-state index contributed by atoms with van der Waals surface area (Å²) in [6.45, 7) is 1.97. The lowest BCUT2D eigenvalue weighted by atomic mass is 10.1. The normalized spacial score (nSPS) is 10.3. The number of alkyl halides is 1. The number of hydrogen-bond acceptors (Lipinski definition) is 3. The fraction of sp³-hybridized carbons (Fsp3) is 0.143. The Hall–Kier alpha value is -1.40. The van der Waals surface area contributed by atoms with E-state index in [-0.39, 0.29) is 11.4 Å². The van der Waals surface area contributed by atoms with Crippen molar-refractivity contribution < 1.29 is 9.66 Å². The van der Waals surface area contributed by atoms with Gasteiger partial charge in [-0.15, -0.1) is 0 Å². The number of aryl methyl sites for hydroxylation is 1. The van der Waals surface area contributed by atoms with Gasteiger partial charge in [-0.25, -0.2) is 0 Å². The Morgan fingerprint density at radius 2 is 2.05 bits per heavy atom. The molecule has 0 fully saturated rings. The van der Waals surface area contributed by atoms with Crippen LogP contribution in [-0.2, 0) is 5.33 Å². The van der Waals surface area contributed by atoms with Gasteiger partial charge in [-0.2, -0.15) is 0 Å². The van der Waals surface area contributed by atoms with Crippen LogP contribution in [0.2, 0.25) is 0 Å². The largest absolute Gasteiger partial charge is 0.449 e. The van der Waals surface area contributed by atoms with Crippen LogP contribution < -0.4 is 4.74 Å². The molecule has 0 saturated carbocycles. The van der Waals surface area contributed by atoms with Gasteiger partial charge in [-0.3, -0.25) is 10.1 Å². The number of rotatable bonds is 4. The van der Waals surface area contributed by atoms with Crippen molar-refractivity contribution in [2.24, 2.45) is 0 Å². The molecule has 104 valence electrons. The van der Waals surface area contributed by atoms with Gasteiger partial charge in [0.05, 0.1) is 9.40 Å². The highest BCUT2D eigenvalue weighted by atomic mass is 79.9. The van der Waals surface area contributed by atoms with Crippen LogP contribution in [0.1, 0.15) is 11.1 Å². The maximum absolute atomic E-state index is 11.0. The highest BCUT2D eigenvalue weighted by Gasteiger charge is 2.18. The lowest BCUT2D eigenvalue weighted by Crippen LogP contribution is -1.95. The molecule has 0 aromatic heterocycles. The number of nitro benzene ring substituents is 1. The minimum Gasteiger partial charge on any atom is -0.449 e. The quantitative estimate of drug-likeness (QED) is 0.394. The first-order valence-electron chi connectivity index (χ1n) is 5.79. The molecule has 2 aromatic rings. The van der Waals surface area contributed by atoms with Crippen LogP contribution in [0.3, 0.4) is 0 Å². The zero-order valence-corrected chi connectivity index (χ0v) is 13.8. The molecule has 0 atom stereocenters. The van der Waals surface area contributed by atoms with E-state index in [1.807, 2.05) is 19.1 Å². The molecule has 0 aliphatic heterocycles. The molecule has 6 heteroatoms. The van der Waals surface area contributed by atoms with Gasteiger partial charge >= 0.3 is 5.69 Å². The van der Waals surface area contributed by atoms with Crippen LogP contribution in [-0.4, -0.2) is 4.92 Å². The van der Waals surface area contributed by atoms with Crippen molar-refractivity contribution in [1.82, 2.24) is 0 Å². The first kappa shape index (κ1) is 15.0. The maximum Gasteiger partial charge on any atom is 0.312 e. The second kappa shape index (κ2) is 6.37. The van der Waals surface area contributed by atoms with Crippen LogP contribution in [0.5, 0.6) is 11.5 Å². The number of ether oxygens (including phenoxy) is 1. The first-order valence-corrected chi connectivity index (χ1v) is 7.70. The zero-order chi connectivity index (χ0) is 14.7. The number of nitrogens with zero attached hydrogens (tertiary/aromatic N) is 1. The average molecular weight is 401 g/mol. The molecule has 20 heavy (non-hydrogen) atoms. The van der Waals surface area contributed by atoms with Gasteiger partial charge in [-0.05, 0) is 52.2 Å². The summed E-state index contributed by atoms with van der Waals surface area (Å²) >= 11 is 6.69. The molecule has 4 nitrogen and oxygen atoms in total. The Kier molecular flexibility index (Phi) is 4.77. The van der Waals surface area contributed by atoms with Gasteiger partial charge in [-0.1, -0.05) is 28.1 Å². The van der Waals surface area contributed by atoms with E-state index in [1.54, 1.807) is 18.2 Å². The molecule has 0 unspecified atom stereocenters. The number of hydrogen-bond donors (Lipinski definition) is 0. The van der Waals surface area contributed by atoms with Crippen molar-refractivity contribution >= 4 is 37.5 Å². The molecular weight excluding hydrogens is 390 g/mol. The molecule has 0 spiro atoms. The van der Waals surface area contributed by atoms with Crippen molar-refractivity contribution in [3.8, 4) is 11.5 Å². The van der Waals surface area contributed by atoms with Crippen LogP contribution in [0, 0.1) is 17.0 Å². The van der Waals surface area contributed by atoms with E-state index >= 15 is 0 Å². The summed E-state index contributed by atoms with van der Waals surface area (Å²) in [6, 6.07) is 10.3. The van der Waals surface area contributed by atoms with Crippen molar-refractivity contribution in [3.63, 3.8) is 0 Å². The maximum atomic E-state index is 11.0. The minimum absolute atomic E-state index is 0.0680. The Morgan fingerprint density at radius 1 is 1.30 bits per heavy atom. The van der Waals surface area contributed by atoms with Crippen LogP contribution >= 0.6 is 31.9 Å². The van der Waals surface area contributed by atoms with Gasteiger partial charge in [0.1, 0.15) is 5.75 Å². The monoisotopic (exact) mass is 399 g/mol. The second-order valence-electron chi connectivity index (χ2n) is 4.17.